The zero-order valence-corrected chi connectivity index (χ0v) is 15.3. The molecule has 26 heavy (non-hydrogen) atoms. The van der Waals surface area contributed by atoms with Crippen molar-refractivity contribution in [3.63, 3.8) is 0 Å². The van der Waals surface area contributed by atoms with Crippen LogP contribution >= 0.6 is 0 Å². The molecule has 2 aliphatic rings. The van der Waals surface area contributed by atoms with Gasteiger partial charge in [0.15, 0.2) is 5.82 Å². The Morgan fingerprint density at radius 1 is 1.04 bits per heavy atom. The summed E-state index contributed by atoms with van der Waals surface area (Å²) in [7, 11) is -3.63. The summed E-state index contributed by atoms with van der Waals surface area (Å²) in [4.78, 5) is 0.221. The summed E-state index contributed by atoms with van der Waals surface area (Å²) in [5.74, 6) is 1.75. The topological polar surface area (TPSA) is 91.9 Å². The molecular formula is C18H21N5O2S. The summed E-state index contributed by atoms with van der Waals surface area (Å²) < 4.78 is 30.0. The number of nitriles is 1. The Balaban J connectivity index is 1.68. The Kier molecular flexibility index (Phi) is 4.51. The van der Waals surface area contributed by atoms with Crippen LogP contribution in [0.5, 0.6) is 0 Å². The van der Waals surface area contributed by atoms with E-state index in [9.17, 15) is 8.42 Å². The van der Waals surface area contributed by atoms with Crippen LogP contribution in [-0.4, -0.2) is 34.0 Å². The molecule has 0 amide bonds. The number of aryl methyl sites for hydroxylation is 1. The Bertz CT molecular complexity index is 943. The van der Waals surface area contributed by atoms with Crippen LogP contribution in [0.2, 0.25) is 0 Å². The number of nitrogens with zero attached hydrogens (tertiary/aromatic N) is 5. The van der Waals surface area contributed by atoms with E-state index in [0.29, 0.717) is 12.1 Å². The maximum Gasteiger partial charge on any atom is 0.243 e. The van der Waals surface area contributed by atoms with Crippen molar-refractivity contribution in [1.82, 2.24) is 19.1 Å². The van der Waals surface area contributed by atoms with Crippen molar-refractivity contribution in [2.24, 2.45) is 0 Å². The molecule has 0 saturated carbocycles. The lowest BCUT2D eigenvalue weighted by molar-refractivity contribution is 0.370. The molecule has 2 aromatic rings. The zero-order valence-electron chi connectivity index (χ0n) is 14.5. The van der Waals surface area contributed by atoms with Crippen molar-refractivity contribution >= 4 is 10.0 Å². The Hall–Kier alpha value is -2.24. The van der Waals surface area contributed by atoms with Gasteiger partial charge in [0, 0.05) is 19.5 Å². The van der Waals surface area contributed by atoms with E-state index in [1.165, 1.54) is 18.6 Å². The first-order chi connectivity index (χ1) is 12.6. The molecule has 3 heterocycles. The van der Waals surface area contributed by atoms with Gasteiger partial charge in [-0.1, -0.05) is 6.42 Å². The molecule has 2 aliphatic heterocycles. The largest absolute Gasteiger partial charge is 0.314 e. The van der Waals surface area contributed by atoms with Gasteiger partial charge in [0.05, 0.1) is 22.6 Å². The van der Waals surface area contributed by atoms with Crippen molar-refractivity contribution in [3.05, 3.63) is 41.5 Å². The second-order valence-electron chi connectivity index (χ2n) is 6.85. The van der Waals surface area contributed by atoms with Crippen LogP contribution in [0.3, 0.4) is 0 Å². The van der Waals surface area contributed by atoms with Gasteiger partial charge in [-0.3, -0.25) is 0 Å². The first-order valence-electron chi connectivity index (χ1n) is 9.05. The van der Waals surface area contributed by atoms with Crippen molar-refractivity contribution < 1.29 is 8.42 Å². The highest BCUT2D eigenvalue weighted by Gasteiger charge is 2.39. The molecule has 7 nitrogen and oxygen atoms in total. The summed E-state index contributed by atoms with van der Waals surface area (Å²) in [6.07, 6.45) is 5.82. The normalized spacial score (nSPS) is 21.1. The molecule has 1 fully saturated rings. The van der Waals surface area contributed by atoms with E-state index >= 15 is 0 Å². The Labute approximate surface area is 153 Å². The van der Waals surface area contributed by atoms with Gasteiger partial charge >= 0.3 is 0 Å². The van der Waals surface area contributed by atoms with Crippen LogP contribution in [0.15, 0.2) is 29.2 Å². The first kappa shape index (κ1) is 17.2. The van der Waals surface area contributed by atoms with Gasteiger partial charge in [0.25, 0.3) is 0 Å². The summed E-state index contributed by atoms with van der Waals surface area (Å²) in [5.41, 5.74) is 0.449. The minimum atomic E-state index is -3.63. The molecule has 0 spiro atoms. The van der Waals surface area contributed by atoms with E-state index in [1.807, 2.05) is 6.07 Å². The van der Waals surface area contributed by atoms with Crippen molar-refractivity contribution in [2.45, 2.75) is 56.0 Å². The van der Waals surface area contributed by atoms with Gasteiger partial charge in [-0.2, -0.15) is 9.57 Å². The number of aromatic nitrogens is 3. The molecule has 1 aromatic carbocycles. The smallest absolute Gasteiger partial charge is 0.243 e. The van der Waals surface area contributed by atoms with Crippen molar-refractivity contribution in [2.75, 3.05) is 6.54 Å². The summed E-state index contributed by atoms with van der Waals surface area (Å²) in [6, 6.07) is 7.85. The third-order valence-corrected chi connectivity index (χ3v) is 7.15. The quantitative estimate of drug-likeness (QED) is 0.826. The number of hydrogen-bond donors (Lipinski definition) is 0. The zero-order chi connectivity index (χ0) is 18.1. The Morgan fingerprint density at radius 2 is 1.85 bits per heavy atom. The lowest BCUT2D eigenvalue weighted by Crippen LogP contribution is -2.32. The van der Waals surface area contributed by atoms with Crippen LogP contribution in [-0.2, 0) is 23.0 Å². The highest BCUT2D eigenvalue weighted by atomic mass is 32.2. The monoisotopic (exact) mass is 371 g/mol. The molecule has 0 N–H and O–H groups in total. The van der Waals surface area contributed by atoms with Gasteiger partial charge in [0.1, 0.15) is 5.82 Å². The second kappa shape index (κ2) is 6.82. The molecule has 0 aliphatic carbocycles. The van der Waals surface area contributed by atoms with Gasteiger partial charge in [0.2, 0.25) is 10.0 Å². The maximum atomic E-state index is 13.2. The van der Waals surface area contributed by atoms with E-state index in [2.05, 4.69) is 14.8 Å². The molecule has 1 unspecified atom stereocenters. The SMILES string of the molecule is N#Cc1ccc(S(=O)(=O)N2CCCC2c2nnc3n2CCCCC3)cc1. The number of benzene rings is 1. The highest BCUT2D eigenvalue weighted by Crippen LogP contribution is 2.36. The lowest BCUT2D eigenvalue weighted by Gasteiger charge is -2.24. The van der Waals surface area contributed by atoms with Crippen LogP contribution in [0.25, 0.3) is 0 Å². The predicted octanol–water partition coefficient (Wildman–Crippen LogP) is 2.40. The van der Waals surface area contributed by atoms with E-state index in [1.54, 1.807) is 16.4 Å². The van der Waals surface area contributed by atoms with E-state index < -0.39 is 10.0 Å². The lowest BCUT2D eigenvalue weighted by atomic mass is 10.2. The van der Waals surface area contributed by atoms with E-state index in [0.717, 1.165) is 50.3 Å². The fourth-order valence-corrected chi connectivity index (χ4v) is 5.53. The average molecular weight is 371 g/mol. The summed E-state index contributed by atoms with van der Waals surface area (Å²) in [5, 5.41) is 17.6. The first-order valence-corrected chi connectivity index (χ1v) is 10.5. The van der Waals surface area contributed by atoms with Crippen molar-refractivity contribution in [3.8, 4) is 6.07 Å². The highest BCUT2D eigenvalue weighted by molar-refractivity contribution is 7.89. The third kappa shape index (κ3) is 2.91. The molecular weight excluding hydrogens is 350 g/mol. The minimum absolute atomic E-state index is 0.221. The van der Waals surface area contributed by atoms with Crippen LogP contribution in [0, 0.1) is 11.3 Å². The van der Waals surface area contributed by atoms with E-state index in [4.69, 9.17) is 5.26 Å². The molecule has 0 radical (unpaired) electrons. The van der Waals surface area contributed by atoms with Gasteiger partial charge < -0.3 is 4.57 Å². The molecule has 4 rings (SSSR count). The molecule has 1 aromatic heterocycles. The molecule has 1 atom stereocenters. The molecule has 8 heteroatoms. The van der Waals surface area contributed by atoms with Gasteiger partial charge in [-0.25, -0.2) is 8.42 Å². The standard InChI is InChI=1S/C18H21N5O2S/c19-13-14-7-9-15(10-8-14)26(24,25)23-12-4-5-16(23)18-21-20-17-6-2-1-3-11-22(17)18/h7-10,16H,1-6,11-12H2. The fraction of sp³-hybridized carbons (Fsp3) is 0.500. The summed E-state index contributed by atoms with van der Waals surface area (Å²) >= 11 is 0. The van der Waals surface area contributed by atoms with Crippen LogP contribution in [0.1, 0.15) is 55.4 Å². The Morgan fingerprint density at radius 3 is 2.62 bits per heavy atom. The van der Waals surface area contributed by atoms with Crippen LogP contribution in [0.4, 0.5) is 0 Å². The maximum absolute atomic E-state index is 13.2. The molecule has 0 bridgehead atoms. The van der Waals surface area contributed by atoms with Gasteiger partial charge in [-0.15, -0.1) is 10.2 Å². The van der Waals surface area contributed by atoms with Crippen LogP contribution < -0.4 is 0 Å². The number of sulfonamides is 1. The van der Waals surface area contributed by atoms with E-state index in [-0.39, 0.29) is 10.9 Å². The molecule has 1 saturated heterocycles. The molecule has 136 valence electrons. The second-order valence-corrected chi connectivity index (χ2v) is 8.74. The predicted molar refractivity (Wildman–Crippen MR) is 94.6 cm³/mol. The third-order valence-electron chi connectivity index (χ3n) is 5.23. The fourth-order valence-electron chi connectivity index (χ4n) is 3.88. The average Bonchev–Trinajstić information content (AvgIpc) is 3.23. The minimum Gasteiger partial charge on any atom is -0.314 e. The summed E-state index contributed by atoms with van der Waals surface area (Å²) in [6.45, 7) is 1.34. The number of rotatable bonds is 3. The number of fused-ring (bicyclic) bond motifs is 1. The number of hydrogen-bond acceptors (Lipinski definition) is 5. The van der Waals surface area contributed by atoms with Gasteiger partial charge in [-0.05, 0) is 49.9 Å². The van der Waals surface area contributed by atoms with Crippen molar-refractivity contribution in [1.29, 1.82) is 5.26 Å².